The van der Waals surface area contributed by atoms with Crippen molar-refractivity contribution in [3.8, 4) is 5.75 Å². The van der Waals surface area contributed by atoms with Crippen molar-refractivity contribution in [2.75, 3.05) is 6.54 Å². The number of carbonyl (C=O) groups excluding carboxylic acids is 1. The molecule has 0 saturated heterocycles. The third kappa shape index (κ3) is 3.60. The average molecular weight is 325 g/mol. The Kier molecular flexibility index (Phi) is 4.86. The molecule has 4 nitrogen and oxygen atoms in total. The zero-order valence-electron chi connectivity index (χ0n) is 14.1. The van der Waals surface area contributed by atoms with Crippen LogP contribution in [0.2, 0.25) is 0 Å². The highest BCUT2D eigenvalue weighted by molar-refractivity contribution is 5.82. The number of aliphatic hydroxyl groups is 1. The number of aliphatic hydroxyl groups excluding tert-OH is 1. The minimum atomic E-state index is -0.571. The molecule has 2 atom stereocenters. The largest absolute Gasteiger partial charge is 0.480 e. The highest BCUT2D eigenvalue weighted by Gasteiger charge is 2.29. The Hall–Kier alpha value is -2.33. The second kappa shape index (κ2) is 7.05. The number of aryl methyl sites for hydroxylation is 2. The Morgan fingerprint density at radius 1 is 1.25 bits per heavy atom. The first-order chi connectivity index (χ1) is 11.5. The number of hydrogen-bond acceptors (Lipinski definition) is 3. The molecule has 1 aliphatic rings. The third-order valence-electron chi connectivity index (χ3n) is 4.55. The fourth-order valence-corrected chi connectivity index (χ4v) is 2.95. The molecule has 2 N–H and O–H groups in total. The Morgan fingerprint density at radius 3 is 2.71 bits per heavy atom. The van der Waals surface area contributed by atoms with Crippen LogP contribution < -0.4 is 10.1 Å². The molecule has 0 saturated carbocycles. The fourth-order valence-electron chi connectivity index (χ4n) is 2.95. The smallest absolute Gasteiger partial charge is 0.261 e. The number of benzene rings is 2. The molecule has 2 aromatic carbocycles. The number of fused-ring (bicyclic) bond motifs is 1. The highest BCUT2D eigenvalue weighted by Crippen LogP contribution is 2.31. The van der Waals surface area contributed by atoms with E-state index in [0.29, 0.717) is 19.4 Å². The van der Waals surface area contributed by atoms with E-state index in [1.165, 1.54) is 11.1 Å². The van der Waals surface area contributed by atoms with Crippen LogP contribution in [0.1, 0.15) is 34.8 Å². The minimum absolute atomic E-state index is 0.123. The lowest BCUT2D eigenvalue weighted by Gasteiger charge is -2.14. The number of carbonyl (C=O) groups is 1. The molecule has 0 aliphatic carbocycles. The molecule has 4 heteroatoms. The van der Waals surface area contributed by atoms with Crippen LogP contribution in [0.15, 0.2) is 42.5 Å². The van der Waals surface area contributed by atoms with Crippen molar-refractivity contribution >= 4 is 5.91 Å². The Balaban J connectivity index is 1.50. The quantitative estimate of drug-likeness (QED) is 0.889. The number of rotatable bonds is 5. The van der Waals surface area contributed by atoms with Crippen LogP contribution in [0, 0.1) is 13.8 Å². The maximum absolute atomic E-state index is 12.3. The Morgan fingerprint density at radius 2 is 1.96 bits per heavy atom. The van der Waals surface area contributed by atoms with Crippen LogP contribution in [-0.4, -0.2) is 23.7 Å². The van der Waals surface area contributed by atoms with E-state index in [1.807, 2.05) is 43.3 Å². The number of ether oxygens (including phenoxy) is 1. The first-order valence-corrected chi connectivity index (χ1v) is 8.32. The van der Waals surface area contributed by atoms with Gasteiger partial charge in [-0.25, -0.2) is 0 Å². The van der Waals surface area contributed by atoms with Crippen LogP contribution in [0.4, 0.5) is 0 Å². The number of nitrogens with one attached hydrogen (secondary N) is 1. The molecule has 1 aliphatic heterocycles. The molecule has 0 radical (unpaired) electrons. The molecule has 0 aromatic heterocycles. The van der Waals surface area contributed by atoms with E-state index < -0.39 is 12.2 Å². The summed E-state index contributed by atoms with van der Waals surface area (Å²) in [6.07, 6.45) is 0.0329. The van der Waals surface area contributed by atoms with Crippen molar-refractivity contribution in [2.24, 2.45) is 0 Å². The van der Waals surface area contributed by atoms with Gasteiger partial charge in [0.1, 0.15) is 5.75 Å². The van der Waals surface area contributed by atoms with Crippen LogP contribution in [0.3, 0.4) is 0 Å². The first kappa shape index (κ1) is 16.5. The SMILES string of the molecule is Cc1cc2c(cc1C)OC(C(=O)NCCC(O)c1ccccc1)C2. The predicted molar refractivity (Wildman–Crippen MR) is 93.1 cm³/mol. The van der Waals surface area contributed by atoms with E-state index in [1.54, 1.807) is 0 Å². The van der Waals surface area contributed by atoms with E-state index >= 15 is 0 Å². The van der Waals surface area contributed by atoms with Gasteiger partial charge in [-0.1, -0.05) is 36.4 Å². The van der Waals surface area contributed by atoms with Gasteiger partial charge >= 0.3 is 0 Å². The third-order valence-corrected chi connectivity index (χ3v) is 4.55. The molecule has 24 heavy (non-hydrogen) atoms. The molecule has 2 unspecified atom stereocenters. The predicted octanol–water partition coefficient (Wildman–Crippen LogP) is 2.85. The van der Waals surface area contributed by atoms with Gasteiger partial charge in [-0.2, -0.15) is 0 Å². The first-order valence-electron chi connectivity index (χ1n) is 8.32. The zero-order valence-corrected chi connectivity index (χ0v) is 14.1. The summed E-state index contributed by atoms with van der Waals surface area (Å²) >= 11 is 0. The van der Waals surface area contributed by atoms with Gasteiger partial charge in [-0.15, -0.1) is 0 Å². The lowest BCUT2D eigenvalue weighted by Crippen LogP contribution is -2.38. The second-order valence-corrected chi connectivity index (χ2v) is 6.36. The summed E-state index contributed by atoms with van der Waals surface area (Å²) in [5.41, 5.74) is 4.33. The van der Waals surface area contributed by atoms with Crippen LogP contribution in [-0.2, 0) is 11.2 Å². The van der Waals surface area contributed by atoms with Crippen molar-refractivity contribution < 1.29 is 14.6 Å². The number of hydrogen-bond donors (Lipinski definition) is 2. The van der Waals surface area contributed by atoms with Crippen molar-refractivity contribution in [1.29, 1.82) is 0 Å². The van der Waals surface area contributed by atoms with Crippen LogP contribution in [0.25, 0.3) is 0 Å². The maximum atomic E-state index is 12.3. The summed E-state index contributed by atoms with van der Waals surface area (Å²) < 4.78 is 5.77. The van der Waals surface area contributed by atoms with E-state index in [0.717, 1.165) is 16.9 Å². The molecule has 126 valence electrons. The molecule has 2 aromatic rings. The zero-order chi connectivity index (χ0) is 17.1. The summed E-state index contributed by atoms with van der Waals surface area (Å²) in [6.45, 7) is 4.52. The highest BCUT2D eigenvalue weighted by atomic mass is 16.5. The van der Waals surface area contributed by atoms with E-state index in [4.69, 9.17) is 4.74 Å². The van der Waals surface area contributed by atoms with Crippen LogP contribution in [0.5, 0.6) is 5.75 Å². The van der Waals surface area contributed by atoms with Crippen molar-refractivity contribution in [1.82, 2.24) is 5.32 Å². The van der Waals surface area contributed by atoms with Gasteiger partial charge < -0.3 is 15.2 Å². The summed E-state index contributed by atoms with van der Waals surface area (Å²) in [5.74, 6) is 0.685. The lowest BCUT2D eigenvalue weighted by molar-refractivity contribution is -0.127. The Labute approximate surface area is 142 Å². The summed E-state index contributed by atoms with van der Waals surface area (Å²) in [6, 6.07) is 13.6. The van der Waals surface area contributed by atoms with Crippen molar-refractivity contribution in [3.05, 3.63) is 64.7 Å². The van der Waals surface area contributed by atoms with Gasteiger partial charge in [-0.05, 0) is 48.6 Å². The monoisotopic (exact) mass is 325 g/mol. The minimum Gasteiger partial charge on any atom is -0.480 e. The molecule has 3 rings (SSSR count). The molecule has 1 amide bonds. The van der Waals surface area contributed by atoms with Crippen LogP contribution >= 0.6 is 0 Å². The van der Waals surface area contributed by atoms with Gasteiger partial charge in [-0.3, -0.25) is 4.79 Å². The average Bonchev–Trinajstić information content (AvgIpc) is 2.98. The van der Waals surface area contributed by atoms with Gasteiger partial charge in [0.2, 0.25) is 0 Å². The standard InChI is InChI=1S/C20H23NO3/c1-13-10-16-12-19(24-18(16)11-14(13)2)20(23)21-9-8-17(22)15-6-4-3-5-7-15/h3-7,10-11,17,19,22H,8-9,12H2,1-2H3,(H,21,23). The molecular formula is C20H23NO3. The molecule has 0 spiro atoms. The van der Waals surface area contributed by atoms with E-state index in [2.05, 4.69) is 18.3 Å². The molecule has 0 fully saturated rings. The van der Waals surface area contributed by atoms with Crippen molar-refractivity contribution in [3.63, 3.8) is 0 Å². The van der Waals surface area contributed by atoms with Gasteiger partial charge in [0.25, 0.3) is 5.91 Å². The maximum Gasteiger partial charge on any atom is 0.261 e. The van der Waals surface area contributed by atoms with Gasteiger partial charge in [0.05, 0.1) is 6.10 Å². The van der Waals surface area contributed by atoms with Gasteiger partial charge in [0.15, 0.2) is 6.10 Å². The Bertz CT molecular complexity index is 696. The fraction of sp³-hybridized carbons (Fsp3) is 0.350. The van der Waals surface area contributed by atoms with E-state index in [-0.39, 0.29) is 5.91 Å². The molecular weight excluding hydrogens is 302 g/mol. The summed E-state index contributed by atoms with van der Waals surface area (Å²) in [4.78, 5) is 12.3. The molecule has 0 bridgehead atoms. The summed E-state index contributed by atoms with van der Waals surface area (Å²) in [5, 5.41) is 13.0. The lowest BCUT2D eigenvalue weighted by atomic mass is 10.0. The number of amides is 1. The topological polar surface area (TPSA) is 58.6 Å². The van der Waals surface area contributed by atoms with Crippen molar-refractivity contribution in [2.45, 2.75) is 38.9 Å². The second-order valence-electron chi connectivity index (χ2n) is 6.36. The van der Waals surface area contributed by atoms with E-state index in [9.17, 15) is 9.90 Å². The normalized spacial score (nSPS) is 17.0. The van der Waals surface area contributed by atoms with Gasteiger partial charge in [0, 0.05) is 13.0 Å². The summed E-state index contributed by atoms with van der Waals surface area (Å²) in [7, 11) is 0. The molecule has 1 heterocycles.